The van der Waals surface area contributed by atoms with E-state index in [0.29, 0.717) is 5.95 Å². The number of aryl methyl sites for hydroxylation is 2. The van der Waals surface area contributed by atoms with Crippen LogP contribution in [0.3, 0.4) is 0 Å². The highest BCUT2D eigenvalue weighted by atomic mass is 16.2. The van der Waals surface area contributed by atoms with Gasteiger partial charge in [0.25, 0.3) is 0 Å². The Bertz CT molecular complexity index is 787. The molecule has 0 aliphatic heterocycles. The highest BCUT2D eigenvalue weighted by molar-refractivity contribution is 5.90. The number of hydrogen-bond acceptors (Lipinski definition) is 3. The van der Waals surface area contributed by atoms with Crippen LogP contribution in [0.1, 0.15) is 25.2 Å². The molecule has 6 nitrogen and oxygen atoms in total. The van der Waals surface area contributed by atoms with E-state index >= 15 is 0 Å². The Kier molecular flexibility index (Phi) is 3.91. The van der Waals surface area contributed by atoms with Crippen molar-refractivity contribution in [1.82, 2.24) is 20.2 Å². The number of H-pyrrole nitrogens is 2. The van der Waals surface area contributed by atoms with Crippen molar-refractivity contribution in [1.29, 1.82) is 0 Å². The molecule has 0 radical (unpaired) electrons. The number of hydrogen-bond donors (Lipinski definition) is 3. The maximum Gasteiger partial charge on any atom is 0.248 e. The van der Waals surface area contributed by atoms with Gasteiger partial charge in [-0.2, -0.15) is 4.98 Å². The summed E-state index contributed by atoms with van der Waals surface area (Å²) in [4.78, 5) is 19.2. The third kappa shape index (κ3) is 3.00. The zero-order chi connectivity index (χ0) is 15.5. The molecule has 114 valence electrons. The van der Waals surface area contributed by atoms with Crippen LogP contribution < -0.4 is 5.32 Å². The topological polar surface area (TPSA) is 86.5 Å². The smallest absolute Gasteiger partial charge is 0.248 e. The van der Waals surface area contributed by atoms with Gasteiger partial charge in [0.05, 0.1) is 0 Å². The summed E-state index contributed by atoms with van der Waals surface area (Å²) in [5, 5.41) is 10.8. The summed E-state index contributed by atoms with van der Waals surface area (Å²) in [6, 6.07) is 8.22. The first-order chi connectivity index (χ1) is 10.6. The zero-order valence-corrected chi connectivity index (χ0v) is 12.7. The normalized spacial score (nSPS) is 11.2. The van der Waals surface area contributed by atoms with Gasteiger partial charge in [0.15, 0.2) is 0 Å². The lowest BCUT2D eigenvalue weighted by Crippen LogP contribution is -2.18. The van der Waals surface area contributed by atoms with E-state index in [9.17, 15) is 4.79 Å². The van der Waals surface area contributed by atoms with Gasteiger partial charge < -0.3 is 4.98 Å². The minimum absolute atomic E-state index is 0.0813. The standard InChI is InChI=1S/C16H19N5O/c1-10(2)15(22)19-16-18-14(20-21-16)8-7-11-9-17-13-6-4-3-5-12(11)13/h3-6,9-10,17H,7-8H2,1-2H3,(H2,18,19,20,21,22). The fourth-order valence-corrected chi connectivity index (χ4v) is 2.31. The number of aromatic nitrogens is 4. The molecule has 3 N–H and O–H groups in total. The van der Waals surface area contributed by atoms with Crippen LogP contribution in [0.15, 0.2) is 30.5 Å². The van der Waals surface area contributed by atoms with E-state index in [2.05, 4.69) is 37.6 Å². The second-order valence-corrected chi connectivity index (χ2v) is 5.61. The number of aromatic amines is 2. The average Bonchev–Trinajstić information content (AvgIpc) is 3.11. The van der Waals surface area contributed by atoms with Gasteiger partial charge in [0.2, 0.25) is 11.9 Å². The number of nitrogens with one attached hydrogen (secondary N) is 3. The molecule has 0 atom stereocenters. The van der Waals surface area contributed by atoms with Gasteiger partial charge in [-0.3, -0.25) is 15.2 Å². The Morgan fingerprint density at radius 2 is 2.09 bits per heavy atom. The summed E-state index contributed by atoms with van der Waals surface area (Å²) in [5.41, 5.74) is 2.39. The molecule has 0 bridgehead atoms. The van der Waals surface area contributed by atoms with Crippen LogP contribution in [-0.2, 0) is 17.6 Å². The molecule has 3 aromatic rings. The molecule has 2 aromatic heterocycles. The predicted octanol–water partition coefficient (Wildman–Crippen LogP) is 2.67. The minimum atomic E-state index is -0.0897. The molecule has 1 aromatic carbocycles. The van der Waals surface area contributed by atoms with Crippen molar-refractivity contribution in [3.63, 3.8) is 0 Å². The summed E-state index contributed by atoms with van der Waals surface area (Å²) in [7, 11) is 0. The van der Waals surface area contributed by atoms with Gasteiger partial charge in [-0.15, -0.1) is 5.10 Å². The highest BCUT2D eigenvalue weighted by Gasteiger charge is 2.11. The van der Waals surface area contributed by atoms with Crippen LogP contribution in [0.5, 0.6) is 0 Å². The number of rotatable bonds is 5. The number of carbonyl (C=O) groups excluding carboxylic acids is 1. The Hall–Kier alpha value is -2.63. The molecule has 22 heavy (non-hydrogen) atoms. The quantitative estimate of drug-likeness (QED) is 0.676. The fraction of sp³-hybridized carbons (Fsp3) is 0.312. The molecule has 0 spiro atoms. The largest absolute Gasteiger partial charge is 0.361 e. The fourth-order valence-electron chi connectivity index (χ4n) is 2.31. The highest BCUT2D eigenvalue weighted by Crippen LogP contribution is 2.19. The molecule has 0 saturated carbocycles. The third-order valence-corrected chi connectivity index (χ3v) is 3.60. The van der Waals surface area contributed by atoms with Crippen molar-refractivity contribution in [3.8, 4) is 0 Å². The van der Waals surface area contributed by atoms with E-state index in [0.717, 1.165) is 24.2 Å². The summed E-state index contributed by atoms with van der Waals surface area (Å²) in [6.07, 6.45) is 3.63. The van der Waals surface area contributed by atoms with Crippen molar-refractivity contribution < 1.29 is 4.79 Å². The van der Waals surface area contributed by atoms with Crippen molar-refractivity contribution in [2.75, 3.05) is 5.32 Å². The van der Waals surface area contributed by atoms with Crippen molar-refractivity contribution in [2.45, 2.75) is 26.7 Å². The predicted molar refractivity (Wildman–Crippen MR) is 85.6 cm³/mol. The van der Waals surface area contributed by atoms with Gasteiger partial charge in [0.1, 0.15) is 5.82 Å². The van der Waals surface area contributed by atoms with Gasteiger partial charge in [-0.05, 0) is 18.1 Å². The summed E-state index contributed by atoms with van der Waals surface area (Å²) < 4.78 is 0. The maximum absolute atomic E-state index is 11.6. The Labute approximate surface area is 128 Å². The summed E-state index contributed by atoms with van der Waals surface area (Å²) >= 11 is 0. The molecule has 0 saturated heterocycles. The molecule has 2 heterocycles. The van der Waals surface area contributed by atoms with E-state index in [-0.39, 0.29) is 11.8 Å². The van der Waals surface area contributed by atoms with Crippen molar-refractivity contribution in [2.24, 2.45) is 5.92 Å². The van der Waals surface area contributed by atoms with Crippen LogP contribution in [0, 0.1) is 5.92 Å². The molecule has 3 rings (SSSR count). The van der Waals surface area contributed by atoms with Gasteiger partial charge in [-0.25, -0.2) is 0 Å². The average molecular weight is 297 g/mol. The minimum Gasteiger partial charge on any atom is -0.361 e. The number of anilines is 1. The van der Waals surface area contributed by atoms with E-state index in [1.54, 1.807) is 0 Å². The van der Waals surface area contributed by atoms with Crippen LogP contribution in [0.2, 0.25) is 0 Å². The molecule has 0 aliphatic rings. The first-order valence-electron chi connectivity index (χ1n) is 7.40. The number of amides is 1. The number of fused-ring (bicyclic) bond motifs is 1. The van der Waals surface area contributed by atoms with Crippen LogP contribution in [-0.4, -0.2) is 26.1 Å². The molecule has 0 fully saturated rings. The first-order valence-corrected chi connectivity index (χ1v) is 7.40. The lowest BCUT2D eigenvalue weighted by Gasteiger charge is -2.02. The summed E-state index contributed by atoms with van der Waals surface area (Å²) in [6.45, 7) is 3.67. The molecule has 1 amide bonds. The Balaban J connectivity index is 1.65. The van der Waals surface area contributed by atoms with E-state index in [1.807, 2.05) is 32.2 Å². The molecular formula is C16H19N5O. The lowest BCUT2D eigenvalue weighted by atomic mass is 10.1. The number of carbonyl (C=O) groups is 1. The van der Waals surface area contributed by atoms with Gasteiger partial charge in [0, 0.05) is 29.4 Å². The first kappa shape index (κ1) is 14.3. The lowest BCUT2D eigenvalue weighted by molar-refractivity contribution is -0.118. The van der Waals surface area contributed by atoms with Gasteiger partial charge >= 0.3 is 0 Å². The summed E-state index contributed by atoms with van der Waals surface area (Å²) in [5.74, 6) is 0.937. The van der Waals surface area contributed by atoms with E-state index in [4.69, 9.17) is 0 Å². The zero-order valence-electron chi connectivity index (χ0n) is 12.7. The Morgan fingerprint density at radius 1 is 1.27 bits per heavy atom. The number of benzene rings is 1. The second-order valence-electron chi connectivity index (χ2n) is 5.61. The Morgan fingerprint density at radius 3 is 2.91 bits per heavy atom. The van der Waals surface area contributed by atoms with E-state index < -0.39 is 0 Å². The molecule has 0 unspecified atom stereocenters. The van der Waals surface area contributed by atoms with E-state index in [1.165, 1.54) is 10.9 Å². The second kappa shape index (κ2) is 6.01. The maximum atomic E-state index is 11.6. The van der Waals surface area contributed by atoms with Crippen molar-refractivity contribution in [3.05, 3.63) is 41.9 Å². The number of para-hydroxylation sites is 1. The molecule has 0 aliphatic carbocycles. The van der Waals surface area contributed by atoms with Crippen LogP contribution in [0.25, 0.3) is 10.9 Å². The third-order valence-electron chi connectivity index (χ3n) is 3.60. The monoisotopic (exact) mass is 297 g/mol. The van der Waals surface area contributed by atoms with Crippen LogP contribution >= 0.6 is 0 Å². The van der Waals surface area contributed by atoms with Gasteiger partial charge in [-0.1, -0.05) is 32.0 Å². The molecule has 6 heteroatoms. The molecular weight excluding hydrogens is 278 g/mol. The number of nitrogens with zero attached hydrogens (tertiary/aromatic N) is 2. The van der Waals surface area contributed by atoms with Crippen LogP contribution in [0.4, 0.5) is 5.95 Å². The van der Waals surface area contributed by atoms with Crippen molar-refractivity contribution >= 4 is 22.8 Å². The SMILES string of the molecule is CC(C)C(=O)Nc1n[nH]c(CCc2c[nH]c3ccccc23)n1.